The number of aryl methyl sites for hydroxylation is 1. The van der Waals surface area contributed by atoms with E-state index in [4.69, 9.17) is 0 Å². The number of piperidine rings is 1. The van der Waals surface area contributed by atoms with Gasteiger partial charge in [-0.2, -0.15) is 5.10 Å². The second-order valence-corrected chi connectivity index (χ2v) is 8.06. The molecule has 5 heteroatoms. The van der Waals surface area contributed by atoms with Crippen molar-refractivity contribution in [3.8, 4) is 0 Å². The maximum atomic E-state index is 12.3. The molecule has 0 spiro atoms. The van der Waals surface area contributed by atoms with E-state index in [-0.39, 0.29) is 11.3 Å². The molecule has 1 amide bonds. The zero-order chi connectivity index (χ0) is 17.7. The van der Waals surface area contributed by atoms with E-state index in [1.165, 1.54) is 11.3 Å². The molecule has 0 aliphatic carbocycles. The van der Waals surface area contributed by atoms with E-state index in [1.807, 2.05) is 6.92 Å². The minimum Gasteiger partial charge on any atom is -0.356 e. The molecular weight excluding hydrogens is 300 g/mol. The van der Waals surface area contributed by atoms with E-state index in [0.29, 0.717) is 12.3 Å². The smallest absolute Gasteiger partial charge is 0.220 e. The molecule has 1 saturated heterocycles. The van der Waals surface area contributed by atoms with Crippen molar-refractivity contribution < 1.29 is 4.79 Å². The molecule has 0 radical (unpaired) electrons. The van der Waals surface area contributed by atoms with Crippen molar-refractivity contribution in [3.05, 3.63) is 17.0 Å². The number of carbonyl (C=O) groups excluding carboxylic acids is 1. The van der Waals surface area contributed by atoms with Crippen LogP contribution in [0.1, 0.15) is 57.0 Å². The number of hydrogen-bond acceptors (Lipinski definition) is 3. The molecule has 0 unspecified atom stereocenters. The monoisotopic (exact) mass is 334 g/mol. The molecule has 1 aliphatic rings. The summed E-state index contributed by atoms with van der Waals surface area (Å²) in [6.07, 6.45) is 3.59. The fourth-order valence-electron chi connectivity index (χ4n) is 3.47. The zero-order valence-electron chi connectivity index (χ0n) is 16.0. The van der Waals surface area contributed by atoms with Crippen LogP contribution < -0.4 is 10.6 Å². The van der Waals surface area contributed by atoms with Crippen LogP contribution in [-0.2, 0) is 17.8 Å². The first-order valence-electron chi connectivity index (χ1n) is 9.31. The van der Waals surface area contributed by atoms with Gasteiger partial charge in [0.05, 0.1) is 5.69 Å². The number of aromatic nitrogens is 2. The summed E-state index contributed by atoms with van der Waals surface area (Å²) in [6.45, 7) is 14.7. The van der Waals surface area contributed by atoms with E-state index in [2.05, 4.69) is 48.1 Å². The standard InChI is InChI=1S/C19H34N4O/c1-14(2)12-23-16(4)17(15(3)22-23)6-7-18(24)21-13-19(5)8-10-20-11-9-19/h14,20H,6-13H2,1-5H3,(H,21,24). The molecule has 0 saturated carbocycles. The van der Waals surface area contributed by atoms with Crippen molar-refractivity contribution >= 4 is 5.91 Å². The Bertz CT molecular complexity index is 556. The van der Waals surface area contributed by atoms with Gasteiger partial charge in [-0.1, -0.05) is 20.8 Å². The number of amides is 1. The lowest BCUT2D eigenvalue weighted by atomic mass is 9.81. The molecule has 2 heterocycles. The molecule has 0 aromatic carbocycles. The van der Waals surface area contributed by atoms with Crippen LogP contribution in [0.2, 0.25) is 0 Å². The van der Waals surface area contributed by atoms with Gasteiger partial charge in [0.2, 0.25) is 5.91 Å². The molecule has 5 nitrogen and oxygen atoms in total. The first kappa shape index (κ1) is 19.0. The van der Waals surface area contributed by atoms with Crippen LogP contribution in [0.3, 0.4) is 0 Å². The Hall–Kier alpha value is -1.36. The largest absolute Gasteiger partial charge is 0.356 e. The minimum atomic E-state index is 0.158. The van der Waals surface area contributed by atoms with Crippen LogP contribution in [0.25, 0.3) is 0 Å². The lowest BCUT2D eigenvalue weighted by Crippen LogP contribution is -2.42. The van der Waals surface area contributed by atoms with Crippen molar-refractivity contribution in [2.45, 2.75) is 66.8 Å². The van der Waals surface area contributed by atoms with E-state index in [9.17, 15) is 4.79 Å². The van der Waals surface area contributed by atoms with Crippen molar-refractivity contribution in [1.29, 1.82) is 0 Å². The zero-order valence-corrected chi connectivity index (χ0v) is 16.0. The molecule has 1 aliphatic heterocycles. The molecular formula is C19H34N4O. The summed E-state index contributed by atoms with van der Waals surface area (Å²) in [6, 6.07) is 0. The van der Waals surface area contributed by atoms with Gasteiger partial charge in [0.15, 0.2) is 0 Å². The second-order valence-electron chi connectivity index (χ2n) is 8.06. The highest BCUT2D eigenvalue weighted by Gasteiger charge is 2.27. The molecule has 24 heavy (non-hydrogen) atoms. The number of hydrogen-bond donors (Lipinski definition) is 2. The SMILES string of the molecule is Cc1nn(CC(C)C)c(C)c1CCC(=O)NCC1(C)CCNCC1. The summed E-state index contributed by atoms with van der Waals surface area (Å²) in [5, 5.41) is 11.2. The van der Waals surface area contributed by atoms with Crippen LogP contribution in [0.4, 0.5) is 0 Å². The maximum absolute atomic E-state index is 12.3. The minimum absolute atomic E-state index is 0.158. The molecule has 136 valence electrons. The van der Waals surface area contributed by atoms with Gasteiger partial charge in [0.1, 0.15) is 0 Å². The van der Waals surface area contributed by atoms with Gasteiger partial charge >= 0.3 is 0 Å². The van der Waals surface area contributed by atoms with Gasteiger partial charge in [0, 0.05) is 25.2 Å². The lowest BCUT2D eigenvalue weighted by molar-refractivity contribution is -0.121. The fraction of sp³-hybridized carbons (Fsp3) is 0.789. The van der Waals surface area contributed by atoms with E-state index < -0.39 is 0 Å². The van der Waals surface area contributed by atoms with Crippen molar-refractivity contribution in [2.75, 3.05) is 19.6 Å². The van der Waals surface area contributed by atoms with Crippen LogP contribution >= 0.6 is 0 Å². The highest BCUT2D eigenvalue weighted by Crippen LogP contribution is 2.26. The quantitative estimate of drug-likeness (QED) is 0.806. The van der Waals surface area contributed by atoms with Crippen LogP contribution in [0.5, 0.6) is 0 Å². The lowest BCUT2D eigenvalue weighted by Gasteiger charge is -2.34. The van der Waals surface area contributed by atoms with Crippen molar-refractivity contribution in [3.63, 3.8) is 0 Å². The highest BCUT2D eigenvalue weighted by molar-refractivity contribution is 5.76. The Labute approximate surface area is 146 Å². The molecule has 0 bridgehead atoms. The summed E-state index contributed by atoms with van der Waals surface area (Å²) in [5.41, 5.74) is 3.75. The number of nitrogens with zero attached hydrogens (tertiary/aromatic N) is 2. The summed E-state index contributed by atoms with van der Waals surface area (Å²) in [7, 11) is 0. The van der Waals surface area contributed by atoms with Crippen molar-refractivity contribution in [1.82, 2.24) is 20.4 Å². The second kappa shape index (κ2) is 8.15. The number of nitrogens with one attached hydrogen (secondary N) is 2. The number of rotatable bonds is 7. The predicted molar refractivity (Wildman–Crippen MR) is 98.1 cm³/mol. The topological polar surface area (TPSA) is 59.0 Å². The first-order chi connectivity index (χ1) is 11.3. The molecule has 1 aromatic heterocycles. The van der Waals surface area contributed by atoms with Gasteiger partial charge < -0.3 is 10.6 Å². The molecule has 2 rings (SSSR count). The van der Waals surface area contributed by atoms with Gasteiger partial charge in [-0.25, -0.2) is 0 Å². The Morgan fingerprint density at radius 2 is 2.00 bits per heavy atom. The van der Waals surface area contributed by atoms with Crippen LogP contribution in [0, 0.1) is 25.2 Å². The van der Waals surface area contributed by atoms with Crippen molar-refractivity contribution in [2.24, 2.45) is 11.3 Å². The van der Waals surface area contributed by atoms with E-state index in [1.54, 1.807) is 0 Å². The van der Waals surface area contributed by atoms with E-state index in [0.717, 1.165) is 51.1 Å². The predicted octanol–water partition coefficient (Wildman–Crippen LogP) is 2.59. The molecule has 1 fully saturated rings. The Morgan fingerprint density at radius 3 is 2.62 bits per heavy atom. The third-order valence-corrected chi connectivity index (χ3v) is 5.19. The van der Waals surface area contributed by atoms with E-state index >= 15 is 0 Å². The third-order valence-electron chi connectivity index (χ3n) is 5.19. The van der Waals surface area contributed by atoms with Crippen LogP contribution in [0.15, 0.2) is 0 Å². The molecule has 0 atom stereocenters. The van der Waals surface area contributed by atoms with Gasteiger partial charge in [-0.15, -0.1) is 0 Å². The maximum Gasteiger partial charge on any atom is 0.220 e. The Balaban J connectivity index is 1.84. The summed E-state index contributed by atoms with van der Waals surface area (Å²) in [5.74, 6) is 0.732. The molecule has 1 aromatic rings. The fourth-order valence-corrected chi connectivity index (χ4v) is 3.47. The van der Waals surface area contributed by atoms with Gasteiger partial charge in [-0.05, 0) is 63.1 Å². The summed E-state index contributed by atoms with van der Waals surface area (Å²) >= 11 is 0. The number of carbonyl (C=O) groups is 1. The summed E-state index contributed by atoms with van der Waals surface area (Å²) in [4.78, 5) is 12.3. The Morgan fingerprint density at radius 1 is 1.33 bits per heavy atom. The van der Waals surface area contributed by atoms with Gasteiger partial charge in [-0.3, -0.25) is 9.48 Å². The Kier molecular flexibility index (Phi) is 6.44. The van der Waals surface area contributed by atoms with Crippen LogP contribution in [-0.4, -0.2) is 35.3 Å². The third kappa shape index (κ3) is 5.07. The normalized spacial score (nSPS) is 17.2. The average molecular weight is 335 g/mol. The first-order valence-corrected chi connectivity index (χ1v) is 9.31. The highest BCUT2D eigenvalue weighted by atomic mass is 16.1. The summed E-state index contributed by atoms with van der Waals surface area (Å²) < 4.78 is 2.09. The average Bonchev–Trinajstić information content (AvgIpc) is 2.77. The molecule has 2 N–H and O–H groups in total. The van der Waals surface area contributed by atoms with Gasteiger partial charge in [0.25, 0.3) is 0 Å².